The van der Waals surface area contributed by atoms with Crippen LogP contribution in [0.1, 0.15) is 5.56 Å². The van der Waals surface area contributed by atoms with E-state index in [2.05, 4.69) is 0 Å². The van der Waals surface area contributed by atoms with Gasteiger partial charge in [-0.15, -0.1) is 0 Å². The quantitative estimate of drug-likeness (QED) is 0.805. The Morgan fingerprint density at radius 2 is 2.12 bits per heavy atom. The minimum Gasteiger partial charge on any atom is -0.398 e. The lowest BCUT2D eigenvalue weighted by molar-refractivity contribution is 0.719. The molecule has 0 radical (unpaired) electrons. The Balaban J connectivity index is 2.42. The van der Waals surface area contributed by atoms with E-state index in [1.807, 2.05) is 0 Å². The fraction of sp³-hybridized carbons (Fsp3) is 0.182. The number of rotatable bonds is 2. The van der Waals surface area contributed by atoms with E-state index in [-0.39, 0.29) is 5.69 Å². The molecule has 5 heteroatoms. The molecule has 1 heterocycles. The molecule has 1 aromatic heterocycles. The van der Waals surface area contributed by atoms with Crippen molar-refractivity contribution >= 4 is 17.3 Å². The molecule has 2 aromatic rings. The van der Waals surface area contributed by atoms with Crippen LogP contribution >= 0.6 is 11.6 Å². The number of benzene rings is 1. The number of aryl methyl sites for hydroxylation is 1. The van der Waals surface area contributed by atoms with E-state index in [0.717, 1.165) is 5.56 Å². The minimum atomic E-state index is -0.0840. The smallest absolute Gasteiger partial charge is 0.328 e. The van der Waals surface area contributed by atoms with Gasteiger partial charge in [0.2, 0.25) is 0 Å². The standard InChI is InChI=1S/C11H12ClN3O/c1-14-5-6-15(11(14)16)7-8-9(12)3-2-4-10(8)13/h2-6H,7,13H2,1H3. The van der Waals surface area contributed by atoms with E-state index in [4.69, 9.17) is 17.3 Å². The van der Waals surface area contributed by atoms with Crippen molar-refractivity contribution in [1.82, 2.24) is 9.13 Å². The first kappa shape index (κ1) is 10.8. The lowest BCUT2D eigenvalue weighted by atomic mass is 10.2. The van der Waals surface area contributed by atoms with Crippen molar-refractivity contribution in [2.24, 2.45) is 7.05 Å². The first-order valence-electron chi connectivity index (χ1n) is 4.84. The first-order valence-corrected chi connectivity index (χ1v) is 5.22. The lowest BCUT2D eigenvalue weighted by Crippen LogP contribution is -2.22. The van der Waals surface area contributed by atoms with Gasteiger partial charge in [0.05, 0.1) is 6.54 Å². The fourth-order valence-electron chi connectivity index (χ4n) is 1.54. The summed E-state index contributed by atoms with van der Waals surface area (Å²) in [6, 6.07) is 5.32. The molecule has 0 unspecified atom stereocenters. The van der Waals surface area contributed by atoms with Gasteiger partial charge in [-0.2, -0.15) is 0 Å². The Hall–Kier alpha value is -1.68. The van der Waals surface area contributed by atoms with Gasteiger partial charge in [-0.1, -0.05) is 17.7 Å². The summed E-state index contributed by atoms with van der Waals surface area (Å²) in [5.41, 5.74) is 7.11. The summed E-state index contributed by atoms with van der Waals surface area (Å²) < 4.78 is 3.07. The molecular weight excluding hydrogens is 226 g/mol. The summed E-state index contributed by atoms with van der Waals surface area (Å²) in [7, 11) is 1.70. The average Bonchev–Trinajstić information content (AvgIpc) is 2.55. The van der Waals surface area contributed by atoms with Gasteiger partial charge in [-0.05, 0) is 12.1 Å². The topological polar surface area (TPSA) is 52.9 Å². The molecule has 0 spiro atoms. The Labute approximate surface area is 97.9 Å². The number of aromatic nitrogens is 2. The number of nitrogen functional groups attached to an aromatic ring is 1. The molecule has 1 aromatic carbocycles. The highest BCUT2D eigenvalue weighted by atomic mass is 35.5. The number of nitrogens with zero attached hydrogens (tertiary/aromatic N) is 2. The highest BCUT2D eigenvalue weighted by Crippen LogP contribution is 2.22. The van der Waals surface area contributed by atoms with Crippen molar-refractivity contribution < 1.29 is 0 Å². The molecule has 84 valence electrons. The van der Waals surface area contributed by atoms with Crippen LogP contribution in [0.15, 0.2) is 35.4 Å². The molecule has 0 saturated heterocycles. The van der Waals surface area contributed by atoms with Gasteiger partial charge in [0.1, 0.15) is 0 Å². The second kappa shape index (κ2) is 4.06. The molecule has 2 N–H and O–H groups in total. The zero-order valence-electron chi connectivity index (χ0n) is 8.85. The summed E-state index contributed by atoms with van der Waals surface area (Å²) in [5.74, 6) is 0. The number of anilines is 1. The third-order valence-corrected chi connectivity index (χ3v) is 2.86. The van der Waals surface area contributed by atoms with Gasteiger partial charge in [0.25, 0.3) is 0 Å². The van der Waals surface area contributed by atoms with Crippen molar-refractivity contribution in [3.05, 3.63) is 51.7 Å². The fourth-order valence-corrected chi connectivity index (χ4v) is 1.79. The van der Waals surface area contributed by atoms with Crippen molar-refractivity contribution in [3.63, 3.8) is 0 Å². The number of hydrogen-bond acceptors (Lipinski definition) is 2. The summed E-state index contributed by atoms with van der Waals surface area (Å²) in [6.45, 7) is 0.394. The van der Waals surface area contributed by atoms with E-state index in [1.54, 1.807) is 42.2 Å². The van der Waals surface area contributed by atoms with Crippen LogP contribution in [0.3, 0.4) is 0 Å². The maximum Gasteiger partial charge on any atom is 0.328 e. The van der Waals surface area contributed by atoms with Crippen molar-refractivity contribution in [2.75, 3.05) is 5.73 Å². The number of imidazole rings is 1. The van der Waals surface area contributed by atoms with Crippen LogP contribution in [0.4, 0.5) is 5.69 Å². The second-order valence-corrected chi connectivity index (χ2v) is 4.03. The third-order valence-electron chi connectivity index (χ3n) is 2.50. The Bertz CT molecular complexity index is 551. The molecule has 0 aliphatic carbocycles. The van der Waals surface area contributed by atoms with Crippen LogP contribution in [-0.2, 0) is 13.6 Å². The maximum atomic E-state index is 11.6. The predicted octanol–water partition coefficient (Wildman–Crippen LogP) is 1.47. The van der Waals surface area contributed by atoms with Crippen LogP contribution in [0, 0.1) is 0 Å². The van der Waals surface area contributed by atoms with Gasteiger partial charge >= 0.3 is 5.69 Å². The molecule has 4 nitrogen and oxygen atoms in total. The van der Waals surface area contributed by atoms with Gasteiger partial charge < -0.3 is 10.3 Å². The molecule has 0 amide bonds. The largest absolute Gasteiger partial charge is 0.398 e. The van der Waals surface area contributed by atoms with E-state index < -0.39 is 0 Å². The van der Waals surface area contributed by atoms with Crippen LogP contribution in [-0.4, -0.2) is 9.13 Å². The summed E-state index contributed by atoms with van der Waals surface area (Å²) in [5, 5.41) is 0.579. The van der Waals surface area contributed by atoms with E-state index in [9.17, 15) is 4.79 Å². The molecule has 0 aliphatic rings. The first-order chi connectivity index (χ1) is 7.59. The van der Waals surface area contributed by atoms with E-state index in [1.165, 1.54) is 4.57 Å². The molecule has 2 rings (SSSR count). The van der Waals surface area contributed by atoms with Crippen LogP contribution in [0.2, 0.25) is 5.02 Å². The molecule has 0 bridgehead atoms. The van der Waals surface area contributed by atoms with E-state index >= 15 is 0 Å². The van der Waals surface area contributed by atoms with Crippen LogP contribution < -0.4 is 11.4 Å². The number of nitrogens with two attached hydrogens (primary N) is 1. The molecule has 0 fully saturated rings. The zero-order valence-corrected chi connectivity index (χ0v) is 9.61. The SMILES string of the molecule is Cn1ccn(Cc2c(N)cccc2Cl)c1=O. The normalized spacial score (nSPS) is 10.6. The van der Waals surface area contributed by atoms with Crippen molar-refractivity contribution in [2.45, 2.75) is 6.54 Å². The monoisotopic (exact) mass is 237 g/mol. The lowest BCUT2D eigenvalue weighted by Gasteiger charge is -2.07. The molecule has 16 heavy (non-hydrogen) atoms. The Kier molecular flexibility index (Phi) is 2.75. The van der Waals surface area contributed by atoms with Crippen LogP contribution in [0.5, 0.6) is 0 Å². The molecule has 0 atom stereocenters. The highest BCUT2D eigenvalue weighted by Gasteiger charge is 2.07. The summed E-state index contributed by atoms with van der Waals surface area (Å²) in [6.07, 6.45) is 3.42. The van der Waals surface area contributed by atoms with Crippen molar-refractivity contribution in [3.8, 4) is 0 Å². The third kappa shape index (κ3) is 1.84. The maximum absolute atomic E-state index is 11.6. The van der Waals surface area contributed by atoms with Gasteiger partial charge in [0.15, 0.2) is 0 Å². The minimum absolute atomic E-state index is 0.0840. The van der Waals surface area contributed by atoms with Crippen LogP contribution in [0.25, 0.3) is 0 Å². The highest BCUT2D eigenvalue weighted by molar-refractivity contribution is 6.31. The van der Waals surface area contributed by atoms with Crippen molar-refractivity contribution in [1.29, 1.82) is 0 Å². The molecular formula is C11H12ClN3O. The second-order valence-electron chi connectivity index (χ2n) is 3.63. The summed E-state index contributed by atoms with van der Waals surface area (Å²) in [4.78, 5) is 11.6. The molecule has 0 aliphatic heterocycles. The number of hydrogen-bond donors (Lipinski definition) is 1. The average molecular weight is 238 g/mol. The van der Waals surface area contributed by atoms with Gasteiger partial charge in [-0.3, -0.25) is 4.57 Å². The predicted molar refractivity (Wildman–Crippen MR) is 64.6 cm³/mol. The Morgan fingerprint density at radius 3 is 2.69 bits per heavy atom. The number of halogens is 1. The van der Waals surface area contributed by atoms with E-state index in [0.29, 0.717) is 17.3 Å². The molecule has 0 saturated carbocycles. The van der Waals surface area contributed by atoms with Gasteiger partial charge in [-0.25, -0.2) is 4.79 Å². The summed E-state index contributed by atoms with van der Waals surface area (Å²) >= 11 is 6.04. The zero-order chi connectivity index (χ0) is 11.7. The van der Waals surface area contributed by atoms with Gasteiger partial charge in [0, 0.05) is 35.7 Å². The Morgan fingerprint density at radius 1 is 1.38 bits per heavy atom.